The molecule has 8 heteroatoms. The predicted octanol–water partition coefficient (Wildman–Crippen LogP) is 0.983. The van der Waals surface area contributed by atoms with Crippen molar-refractivity contribution in [2.45, 2.75) is 4.90 Å². The fourth-order valence-electron chi connectivity index (χ4n) is 1.73. The minimum Gasteiger partial charge on any atom is -0.395 e. The quantitative estimate of drug-likeness (QED) is 0.457. The number of aliphatic hydroxyl groups excluding tert-OH is 1. The molecule has 0 aromatic heterocycles. The lowest BCUT2D eigenvalue weighted by Crippen LogP contribution is -2.27. The Morgan fingerprint density at radius 2 is 2.15 bits per heavy atom. The van der Waals surface area contributed by atoms with E-state index in [4.69, 9.17) is 5.11 Å². The van der Waals surface area contributed by atoms with Gasteiger partial charge in [0.1, 0.15) is 5.69 Å². The maximum Gasteiger partial charge on any atom is 0.293 e. The molecule has 1 aromatic rings. The molecular formula is C12H16N2O5S. The second-order valence-corrected chi connectivity index (χ2v) is 6.15. The zero-order valence-corrected chi connectivity index (χ0v) is 11.8. The number of hydrogen-bond donors (Lipinski definition) is 1. The van der Waals surface area contributed by atoms with E-state index in [-0.39, 0.29) is 29.4 Å². The number of sulfone groups is 1. The molecule has 1 rings (SSSR count). The van der Waals surface area contributed by atoms with Gasteiger partial charge in [0.25, 0.3) is 5.69 Å². The van der Waals surface area contributed by atoms with Crippen molar-refractivity contribution in [1.29, 1.82) is 0 Å². The first-order valence-corrected chi connectivity index (χ1v) is 7.65. The Bertz CT molecular complexity index is 612. The van der Waals surface area contributed by atoms with Crippen molar-refractivity contribution in [2.24, 2.45) is 0 Å². The standard InChI is InChI=1S/C12H16N2O5S/c1-3-6-13(7-8-15)11-5-4-10(20(2,18)19)9-12(11)14(16)17/h3-5,9,15H,1,6-8H2,2H3. The summed E-state index contributed by atoms with van der Waals surface area (Å²) in [6.07, 6.45) is 2.53. The van der Waals surface area contributed by atoms with E-state index in [1.165, 1.54) is 12.1 Å². The minimum absolute atomic E-state index is 0.115. The van der Waals surface area contributed by atoms with Crippen LogP contribution in [0.2, 0.25) is 0 Å². The van der Waals surface area contributed by atoms with Crippen molar-refractivity contribution in [1.82, 2.24) is 0 Å². The summed E-state index contributed by atoms with van der Waals surface area (Å²) in [5.74, 6) is 0. The van der Waals surface area contributed by atoms with Crippen LogP contribution in [0.5, 0.6) is 0 Å². The molecule has 0 aliphatic carbocycles. The van der Waals surface area contributed by atoms with E-state index < -0.39 is 14.8 Å². The van der Waals surface area contributed by atoms with Crippen molar-refractivity contribution < 1.29 is 18.4 Å². The summed E-state index contributed by atoms with van der Waals surface area (Å²) < 4.78 is 22.9. The van der Waals surface area contributed by atoms with Gasteiger partial charge in [0.05, 0.1) is 16.4 Å². The maximum absolute atomic E-state index is 11.4. The molecule has 20 heavy (non-hydrogen) atoms. The molecular weight excluding hydrogens is 284 g/mol. The average Bonchev–Trinajstić information content (AvgIpc) is 2.36. The van der Waals surface area contributed by atoms with Gasteiger partial charge in [-0.2, -0.15) is 0 Å². The lowest BCUT2D eigenvalue weighted by atomic mass is 10.2. The Morgan fingerprint density at radius 3 is 2.60 bits per heavy atom. The minimum atomic E-state index is -3.52. The summed E-state index contributed by atoms with van der Waals surface area (Å²) in [6, 6.07) is 3.71. The monoisotopic (exact) mass is 300 g/mol. The Labute approximate surface area is 117 Å². The molecule has 0 spiro atoms. The molecule has 0 aliphatic heterocycles. The Morgan fingerprint density at radius 1 is 1.50 bits per heavy atom. The first kappa shape index (κ1) is 16.1. The molecule has 0 heterocycles. The zero-order valence-electron chi connectivity index (χ0n) is 11.0. The van der Waals surface area contributed by atoms with Gasteiger partial charge in [-0.1, -0.05) is 6.08 Å². The van der Waals surface area contributed by atoms with E-state index in [0.717, 1.165) is 12.3 Å². The van der Waals surface area contributed by atoms with Gasteiger partial charge in [-0.25, -0.2) is 8.42 Å². The third-order valence-electron chi connectivity index (χ3n) is 2.63. The predicted molar refractivity (Wildman–Crippen MR) is 75.7 cm³/mol. The largest absolute Gasteiger partial charge is 0.395 e. The van der Waals surface area contributed by atoms with E-state index in [1.807, 2.05) is 0 Å². The number of hydrogen-bond acceptors (Lipinski definition) is 6. The van der Waals surface area contributed by atoms with Crippen LogP contribution in [0.4, 0.5) is 11.4 Å². The molecule has 0 saturated carbocycles. The average molecular weight is 300 g/mol. The van der Waals surface area contributed by atoms with Gasteiger partial charge in [-0.05, 0) is 12.1 Å². The van der Waals surface area contributed by atoms with Gasteiger partial charge in [-0.15, -0.1) is 6.58 Å². The first-order chi connectivity index (χ1) is 9.31. The van der Waals surface area contributed by atoms with Gasteiger partial charge in [-0.3, -0.25) is 10.1 Å². The normalized spacial score (nSPS) is 11.1. The van der Waals surface area contributed by atoms with Gasteiger partial charge in [0.2, 0.25) is 0 Å². The van der Waals surface area contributed by atoms with Crippen molar-refractivity contribution in [3.63, 3.8) is 0 Å². The summed E-state index contributed by atoms with van der Waals surface area (Å²) in [5, 5.41) is 20.1. The van der Waals surface area contributed by atoms with E-state index in [1.54, 1.807) is 11.0 Å². The summed E-state index contributed by atoms with van der Waals surface area (Å²) in [7, 11) is -3.52. The van der Waals surface area contributed by atoms with Crippen LogP contribution in [0, 0.1) is 10.1 Å². The molecule has 0 atom stereocenters. The topological polar surface area (TPSA) is 101 Å². The van der Waals surface area contributed by atoms with Crippen molar-refractivity contribution >= 4 is 21.2 Å². The third kappa shape index (κ3) is 3.78. The summed E-state index contributed by atoms with van der Waals surface area (Å²) in [4.78, 5) is 11.9. The van der Waals surface area contributed by atoms with Gasteiger partial charge in [0, 0.05) is 25.4 Å². The lowest BCUT2D eigenvalue weighted by molar-refractivity contribution is -0.384. The van der Waals surface area contributed by atoms with Gasteiger partial charge >= 0.3 is 0 Å². The van der Waals surface area contributed by atoms with Crippen molar-refractivity contribution in [3.8, 4) is 0 Å². The molecule has 0 unspecified atom stereocenters. The first-order valence-electron chi connectivity index (χ1n) is 5.76. The smallest absolute Gasteiger partial charge is 0.293 e. The SMILES string of the molecule is C=CCN(CCO)c1ccc(S(C)(=O)=O)cc1[N+](=O)[O-]. The summed E-state index contributed by atoms with van der Waals surface area (Å²) in [6.45, 7) is 3.86. The maximum atomic E-state index is 11.4. The molecule has 0 amide bonds. The second-order valence-electron chi connectivity index (χ2n) is 4.14. The summed E-state index contributed by atoms with van der Waals surface area (Å²) >= 11 is 0. The van der Waals surface area contributed by atoms with E-state index in [2.05, 4.69) is 6.58 Å². The van der Waals surface area contributed by atoms with Crippen LogP contribution in [0.1, 0.15) is 0 Å². The van der Waals surface area contributed by atoms with Crippen LogP contribution >= 0.6 is 0 Å². The highest BCUT2D eigenvalue weighted by molar-refractivity contribution is 7.90. The highest BCUT2D eigenvalue weighted by atomic mass is 32.2. The van der Waals surface area contributed by atoms with E-state index >= 15 is 0 Å². The molecule has 7 nitrogen and oxygen atoms in total. The third-order valence-corrected chi connectivity index (χ3v) is 3.74. The molecule has 0 aliphatic rings. The van der Waals surface area contributed by atoms with Crippen LogP contribution in [0.15, 0.2) is 35.7 Å². The fraction of sp³-hybridized carbons (Fsp3) is 0.333. The number of anilines is 1. The Balaban J connectivity index is 3.39. The van der Waals surface area contributed by atoms with Gasteiger partial charge < -0.3 is 10.0 Å². The number of nitro groups is 1. The van der Waals surface area contributed by atoms with Crippen LogP contribution in [-0.4, -0.2) is 44.4 Å². The zero-order chi connectivity index (χ0) is 15.3. The van der Waals surface area contributed by atoms with E-state index in [9.17, 15) is 18.5 Å². The summed E-state index contributed by atoms with van der Waals surface area (Å²) in [5.41, 5.74) is -0.0698. The van der Waals surface area contributed by atoms with Crippen molar-refractivity contribution in [2.75, 3.05) is 30.9 Å². The Kier molecular flexibility index (Phi) is 5.23. The number of benzene rings is 1. The highest BCUT2D eigenvalue weighted by Gasteiger charge is 2.21. The number of nitrogens with zero attached hydrogens (tertiary/aromatic N) is 2. The van der Waals surface area contributed by atoms with Crippen LogP contribution < -0.4 is 4.90 Å². The fourth-order valence-corrected chi connectivity index (χ4v) is 2.38. The molecule has 1 N–H and O–H groups in total. The van der Waals surface area contributed by atoms with Gasteiger partial charge in [0.15, 0.2) is 9.84 Å². The van der Waals surface area contributed by atoms with Crippen LogP contribution in [0.3, 0.4) is 0 Å². The number of rotatable bonds is 7. The van der Waals surface area contributed by atoms with Crippen LogP contribution in [0.25, 0.3) is 0 Å². The van der Waals surface area contributed by atoms with E-state index in [0.29, 0.717) is 6.54 Å². The Hall–Kier alpha value is -1.93. The molecule has 0 saturated heterocycles. The number of aliphatic hydroxyl groups is 1. The lowest BCUT2D eigenvalue weighted by Gasteiger charge is -2.22. The van der Waals surface area contributed by atoms with Crippen LogP contribution in [-0.2, 0) is 9.84 Å². The second kappa shape index (κ2) is 6.49. The van der Waals surface area contributed by atoms with Crippen molar-refractivity contribution in [3.05, 3.63) is 41.0 Å². The number of nitro benzene ring substituents is 1. The molecule has 1 aromatic carbocycles. The highest BCUT2D eigenvalue weighted by Crippen LogP contribution is 2.30. The molecule has 0 radical (unpaired) electrons. The molecule has 110 valence electrons. The molecule has 0 bridgehead atoms. The molecule has 0 fully saturated rings.